The highest BCUT2D eigenvalue weighted by molar-refractivity contribution is 5.75. The third kappa shape index (κ3) is 1.74. The first-order chi connectivity index (χ1) is 7.59. The molecule has 82 valence electrons. The highest BCUT2D eigenvalue weighted by Crippen LogP contribution is 2.36. The SMILES string of the molecule is Cc1ccc(-c2c(O)ccc(O)c2C)cc1. The summed E-state index contributed by atoms with van der Waals surface area (Å²) in [5.74, 6) is 0.396. The van der Waals surface area contributed by atoms with Gasteiger partial charge in [0, 0.05) is 11.1 Å². The van der Waals surface area contributed by atoms with Gasteiger partial charge in [-0.25, -0.2) is 0 Å². The molecule has 0 aliphatic carbocycles. The lowest BCUT2D eigenvalue weighted by Crippen LogP contribution is -1.85. The Morgan fingerprint density at radius 2 is 1.31 bits per heavy atom. The Bertz CT molecular complexity index is 513. The minimum absolute atomic E-state index is 0.194. The van der Waals surface area contributed by atoms with Crippen LogP contribution in [0.25, 0.3) is 11.1 Å². The molecule has 0 spiro atoms. The highest BCUT2D eigenvalue weighted by atomic mass is 16.3. The maximum Gasteiger partial charge on any atom is 0.123 e. The van der Waals surface area contributed by atoms with E-state index >= 15 is 0 Å². The molecule has 0 saturated heterocycles. The number of aromatic hydroxyl groups is 2. The Morgan fingerprint density at radius 1 is 0.750 bits per heavy atom. The summed E-state index contributed by atoms with van der Waals surface area (Å²) in [6.07, 6.45) is 0. The summed E-state index contributed by atoms with van der Waals surface area (Å²) in [5, 5.41) is 19.5. The second-order valence-corrected chi connectivity index (χ2v) is 3.97. The summed E-state index contributed by atoms with van der Waals surface area (Å²) in [4.78, 5) is 0. The Labute approximate surface area is 94.8 Å². The van der Waals surface area contributed by atoms with Crippen LogP contribution in [0.1, 0.15) is 11.1 Å². The molecule has 0 atom stereocenters. The summed E-state index contributed by atoms with van der Waals surface area (Å²) in [6.45, 7) is 3.81. The quantitative estimate of drug-likeness (QED) is 0.714. The first kappa shape index (κ1) is 10.6. The van der Waals surface area contributed by atoms with Gasteiger partial charge in [0.2, 0.25) is 0 Å². The van der Waals surface area contributed by atoms with Crippen molar-refractivity contribution in [3.63, 3.8) is 0 Å². The topological polar surface area (TPSA) is 40.5 Å². The molecule has 0 aliphatic rings. The average molecular weight is 214 g/mol. The molecule has 2 N–H and O–H groups in total. The van der Waals surface area contributed by atoms with Crippen molar-refractivity contribution in [2.45, 2.75) is 13.8 Å². The van der Waals surface area contributed by atoms with E-state index in [1.807, 2.05) is 31.2 Å². The third-order valence-corrected chi connectivity index (χ3v) is 2.75. The fourth-order valence-electron chi connectivity index (χ4n) is 1.77. The molecule has 0 amide bonds. The van der Waals surface area contributed by atoms with Gasteiger partial charge < -0.3 is 10.2 Å². The lowest BCUT2D eigenvalue weighted by atomic mass is 9.98. The van der Waals surface area contributed by atoms with Crippen LogP contribution in [-0.4, -0.2) is 10.2 Å². The molecule has 0 radical (unpaired) electrons. The number of phenolic OH excluding ortho intramolecular Hbond substituents is 2. The van der Waals surface area contributed by atoms with E-state index in [1.165, 1.54) is 17.7 Å². The van der Waals surface area contributed by atoms with E-state index in [4.69, 9.17) is 0 Å². The van der Waals surface area contributed by atoms with Crippen molar-refractivity contribution in [3.05, 3.63) is 47.5 Å². The number of aryl methyl sites for hydroxylation is 1. The molecule has 0 aromatic heterocycles. The van der Waals surface area contributed by atoms with Gasteiger partial charge in [0.25, 0.3) is 0 Å². The predicted octanol–water partition coefficient (Wildman–Crippen LogP) is 3.38. The zero-order valence-corrected chi connectivity index (χ0v) is 9.36. The van der Waals surface area contributed by atoms with Crippen molar-refractivity contribution in [2.24, 2.45) is 0 Å². The van der Waals surface area contributed by atoms with Crippen molar-refractivity contribution < 1.29 is 10.2 Å². The summed E-state index contributed by atoms with van der Waals surface area (Å²) in [6, 6.07) is 10.9. The largest absolute Gasteiger partial charge is 0.508 e. The van der Waals surface area contributed by atoms with Crippen LogP contribution in [-0.2, 0) is 0 Å². The summed E-state index contributed by atoms with van der Waals surface area (Å²) < 4.78 is 0. The van der Waals surface area contributed by atoms with Crippen molar-refractivity contribution in [1.82, 2.24) is 0 Å². The van der Waals surface area contributed by atoms with Crippen molar-refractivity contribution in [2.75, 3.05) is 0 Å². The van der Waals surface area contributed by atoms with E-state index in [1.54, 1.807) is 6.92 Å². The van der Waals surface area contributed by atoms with Gasteiger partial charge in [-0.1, -0.05) is 29.8 Å². The van der Waals surface area contributed by atoms with E-state index in [-0.39, 0.29) is 11.5 Å². The van der Waals surface area contributed by atoms with Crippen LogP contribution in [0.2, 0.25) is 0 Å². The number of benzene rings is 2. The fourth-order valence-corrected chi connectivity index (χ4v) is 1.77. The molecule has 2 rings (SSSR count). The molecular weight excluding hydrogens is 200 g/mol. The number of rotatable bonds is 1. The van der Waals surface area contributed by atoms with E-state index < -0.39 is 0 Å². The summed E-state index contributed by atoms with van der Waals surface area (Å²) in [5.41, 5.74) is 3.47. The number of phenols is 2. The van der Waals surface area contributed by atoms with E-state index in [0.29, 0.717) is 11.1 Å². The molecule has 0 unspecified atom stereocenters. The molecule has 0 bridgehead atoms. The van der Waals surface area contributed by atoms with Gasteiger partial charge in [0.1, 0.15) is 11.5 Å². The normalized spacial score (nSPS) is 10.4. The van der Waals surface area contributed by atoms with Crippen molar-refractivity contribution in [1.29, 1.82) is 0 Å². The summed E-state index contributed by atoms with van der Waals surface area (Å²) in [7, 11) is 0. The monoisotopic (exact) mass is 214 g/mol. The van der Waals surface area contributed by atoms with E-state index in [0.717, 1.165) is 5.56 Å². The van der Waals surface area contributed by atoms with Gasteiger partial charge in [0.05, 0.1) is 0 Å². The lowest BCUT2D eigenvalue weighted by molar-refractivity contribution is 0.458. The molecule has 0 heterocycles. The van der Waals surface area contributed by atoms with Crippen LogP contribution >= 0.6 is 0 Å². The molecule has 2 aromatic rings. The molecule has 0 saturated carbocycles. The first-order valence-electron chi connectivity index (χ1n) is 5.18. The van der Waals surface area contributed by atoms with Gasteiger partial charge >= 0.3 is 0 Å². The maximum atomic E-state index is 9.83. The number of hydrogen-bond donors (Lipinski definition) is 2. The standard InChI is InChI=1S/C14H14O2/c1-9-3-5-11(6-4-9)14-10(2)12(15)7-8-13(14)16/h3-8,15-16H,1-2H3. The van der Waals surface area contributed by atoms with Gasteiger partial charge in [-0.15, -0.1) is 0 Å². The molecule has 16 heavy (non-hydrogen) atoms. The molecule has 2 nitrogen and oxygen atoms in total. The minimum Gasteiger partial charge on any atom is -0.508 e. The van der Waals surface area contributed by atoms with Crippen LogP contribution < -0.4 is 0 Å². The highest BCUT2D eigenvalue weighted by Gasteiger charge is 2.10. The third-order valence-electron chi connectivity index (χ3n) is 2.75. The van der Waals surface area contributed by atoms with Crippen LogP contribution in [0.5, 0.6) is 11.5 Å². The van der Waals surface area contributed by atoms with Crippen molar-refractivity contribution in [3.8, 4) is 22.6 Å². The average Bonchev–Trinajstić information content (AvgIpc) is 2.27. The van der Waals surface area contributed by atoms with Gasteiger partial charge in [-0.05, 0) is 31.5 Å². The van der Waals surface area contributed by atoms with E-state index in [9.17, 15) is 10.2 Å². The lowest BCUT2D eigenvalue weighted by Gasteiger charge is -2.10. The Balaban J connectivity index is 2.63. The number of hydrogen-bond acceptors (Lipinski definition) is 2. The summed E-state index contributed by atoms with van der Waals surface area (Å²) >= 11 is 0. The van der Waals surface area contributed by atoms with Crippen LogP contribution in [0.15, 0.2) is 36.4 Å². The molecular formula is C14H14O2. The van der Waals surface area contributed by atoms with Crippen LogP contribution in [0.4, 0.5) is 0 Å². The maximum absolute atomic E-state index is 9.83. The second-order valence-electron chi connectivity index (χ2n) is 3.97. The smallest absolute Gasteiger partial charge is 0.123 e. The fraction of sp³-hybridized carbons (Fsp3) is 0.143. The molecule has 2 heteroatoms. The Morgan fingerprint density at radius 3 is 1.94 bits per heavy atom. The van der Waals surface area contributed by atoms with Gasteiger partial charge in [-0.3, -0.25) is 0 Å². The van der Waals surface area contributed by atoms with Crippen LogP contribution in [0, 0.1) is 13.8 Å². The first-order valence-corrected chi connectivity index (χ1v) is 5.18. The Hall–Kier alpha value is -1.96. The Kier molecular flexibility index (Phi) is 2.57. The zero-order valence-electron chi connectivity index (χ0n) is 9.36. The minimum atomic E-state index is 0.194. The zero-order chi connectivity index (χ0) is 11.7. The van der Waals surface area contributed by atoms with Crippen LogP contribution in [0.3, 0.4) is 0 Å². The second kappa shape index (κ2) is 3.89. The van der Waals surface area contributed by atoms with E-state index in [2.05, 4.69) is 0 Å². The molecule has 0 fully saturated rings. The van der Waals surface area contributed by atoms with Crippen molar-refractivity contribution >= 4 is 0 Å². The van der Waals surface area contributed by atoms with Gasteiger partial charge in [-0.2, -0.15) is 0 Å². The van der Waals surface area contributed by atoms with Gasteiger partial charge in [0.15, 0.2) is 0 Å². The predicted molar refractivity (Wildman–Crippen MR) is 64.7 cm³/mol. The molecule has 0 aliphatic heterocycles. The molecule has 2 aromatic carbocycles.